The summed E-state index contributed by atoms with van der Waals surface area (Å²) >= 11 is 0. The Morgan fingerprint density at radius 2 is 1.68 bits per heavy atom. The third-order valence-electron chi connectivity index (χ3n) is 5.14. The molecule has 1 aromatic heterocycles. The molecule has 0 radical (unpaired) electrons. The van der Waals surface area contributed by atoms with E-state index in [2.05, 4.69) is 20.9 Å². The van der Waals surface area contributed by atoms with E-state index in [0.717, 1.165) is 11.5 Å². The van der Waals surface area contributed by atoms with Crippen LogP contribution in [-0.2, 0) is 10.0 Å². The van der Waals surface area contributed by atoms with Crippen LogP contribution in [0.15, 0.2) is 47.6 Å². The van der Waals surface area contributed by atoms with Crippen molar-refractivity contribution in [3.05, 3.63) is 48.4 Å². The summed E-state index contributed by atoms with van der Waals surface area (Å²) in [6.45, 7) is 2.24. The highest BCUT2D eigenvalue weighted by Crippen LogP contribution is 2.36. The first kappa shape index (κ1) is 16.5. The molecule has 1 aliphatic heterocycles. The van der Waals surface area contributed by atoms with Gasteiger partial charge in [-0.3, -0.25) is 0 Å². The van der Waals surface area contributed by atoms with E-state index in [0.29, 0.717) is 37.0 Å². The largest absolute Gasteiger partial charge is 0.354 e. The summed E-state index contributed by atoms with van der Waals surface area (Å²) in [6, 6.07) is 10.7. The van der Waals surface area contributed by atoms with E-state index in [4.69, 9.17) is 0 Å². The summed E-state index contributed by atoms with van der Waals surface area (Å²) in [5.41, 5.74) is 1.12. The summed E-state index contributed by atoms with van der Waals surface area (Å²) in [7, 11) is -3.41. The predicted molar refractivity (Wildman–Crippen MR) is 96.0 cm³/mol. The molecule has 2 aliphatic rings. The van der Waals surface area contributed by atoms with Gasteiger partial charge in [-0.25, -0.2) is 18.4 Å². The van der Waals surface area contributed by atoms with Crippen molar-refractivity contribution in [3.8, 4) is 0 Å². The lowest BCUT2D eigenvalue weighted by atomic mass is 9.83. The molecule has 1 saturated heterocycles. The first-order chi connectivity index (χ1) is 12.1. The number of rotatable bonds is 4. The Bertz CT molecular complexity index is 829. The van der Waals surface area contributed by atoms with Crippen molar-refractivity contribution in [1.82, 2.24) is 14.3 Å². The van der Waals surface area contributed by atoms with Gasteiger partial charge in [0, 0.05) is 43.9 Å². The van der Waals surface area contributed by atoms with E-state index >= 15 is 0 Å². The molecule has 0 bridgehead atoms. The molecule has 0 spiro atoms. The van der Waals surface area contributed by atoms with Crippen LogP contribution in [0, 0.1) is 0 Å². The van der Waals surface area contributed by atoms with Crippen LogP contribution in [0.2, 0.25) is 0 Å². The zero-order valence-electron chi connectivity index (χ0n) is 14.1. The number of hydrogen-bond donors (Lipinski definition) is 0. The minimum atomic E-state index is -3.41. The Hall–Kier alpha value is -1.99. The maximum atomic E-state index is 12.7. The quantitative estimate of drug-likeness (QED) is 0.839. The van der Waals surface area contributed by atoms with Gasteiger partial charge in [0.15, 0.2) is 0 Å². The third-order valence-corrected chi connectivity index (χ3v) is 7.05. The van der Waals surface area contributed by atoms with Crippen LogP contribution in [0.25, 0.3) is 0 Å². The monoisotopic (exact) mass is 358 g/mol. The highest BCUT2D eigenvalue weighted by atomic mass is 32.2. The molecule has 0 N–H and O–H groups in total. The Kier molecular flexibility index (Phi) is 4.43. The van der Waals surface area contributed by atoms with Crippen molar-refractivity contribution in [3.63, 3.8) is 0 Å². The minimum Gasteiger partial charge on any atom is -0.354 e. The van der Waals surface area contributed by atoms with E-state index in [1.165, 1.54) is 19.3 Å². The third kappa shape index (κ3) is 3.26. The number of hydrogen-bond acceptors (Lipinski definition) is 5. The maximum Gasteiger partial charge on any atom is 0.243 e. The van der Waals surface area contributed by atoms with Gasteiger partial charge in [-0.15, -0.1) is 0 Å². The molecule has 6 nitrogen and oxygen atoms in total. The van der Waals surface area contributed by atoms with Crippen molar-refractivity contribution in [2.24, 2.45) is 0 Å². The van der Waals surface area contributed by atoms with E-state index in [1.807, 2.05) is 6.07 Å². The zero-order chi connectivity index (χ0) is 17.3. The molecule has 1 aromatic carbocycles. The van der Waals surface area contributed by atoms with Gasteiger partial charge < -0.3 is 4.90 Å². The van der Waals surface area contributed by atoms with E-state index in [1.54, 1.807) is 34.9 Å². The first-order valence-corrected chi connectivity index (χ1v) is 10.2. The van der Waals surface area contributed by atoms with Crippen molar-refractivity contribution in [1.29, 1.82) is 0 Å². The number of benzene rings is 1. The number of sulfonamides is 1. The SMILES string of the molecule is O=S(=O)(c1ccccc1)N1CCN(c2cc(C3CCC3)ncn2)CC1. The van der Waals surface area contributed by atoms with Gasteiger partial charge in [0.1, 0.15) is 12.1 Å². The Morgan fingerprint density at radius 3 is 2.32 bits per heavy atom. The van der Waals surface area contributed by atoms with E-state index < -0.39 is 10.0 Å². The standard InChI is InChI=1S/C18H22N4O2S/c23-25(24,16-7-2-1-3-8-16)22-11-9-21(10-12-22)18-13-17(19-14-20-18)15-5-4-6-15/h1-3,7-8,13-15H,4-6,9-12H2. The molecule has 4 rings (SSSR count). The smallest absolute Gasteiger partial charge is 0.243 e. The lowest BCUT2D eigenvalue weighted by Gasteiger charge is -2.35. The number of aromatic nitrogens is 2. The lowest BCUT2D eigenvalue weighted by molar-refractivity contribution is 0.383. The van der Waals surface area contributed by atoms with Crippen molar-refractivity contribution < 1.29 is 8.42 Å². The predicted octanol–water partition coefficient (Wildman–Crippen LogP) is 2.25. The second-order valence-electron chi connectivity index (χ2n) is 6.63. The van der Waals surface area contributed by atoms with Crippen molar-refractivity contribution in [2.45, 2.75) is 30.1 Å². The summed E-state index contributed by atoms with van der Waals surface area (Å²) in [6.07, 6.45) is 5.33. The molecule has 0 unspecified atom stereocenters. The highest BCUT2D eigenvalue weighted by Gasteiger charge is 2.29. The number of piperazine rings is 1. The minimum absolute atomic E-state index is 0.359. The van der Waals surface area contributed by atoms with E-state index in [-0.39, 0.29) is 0 Å². The van der Waals surface area contributed by atoms with Crippen LogP contribution in [0.4, 0.5) is 5.82 Å². The fourth-order valence-electron chi connectivity index (χ4n) is 3.36. The molecule has 0 atom stereocenters. The summed E-state index contributed by atoms with van der Waals surface area (Å²) in [5.74, 6) is 1.48. The first-order valence-electron chi connectivity index (χ1n) is 8.77. The molecule has 2 aromatic rings. The van der Waals surface area contributed by atoms with Gasteiger partial charge in [-0.2, -0.15) is 4.31 Å². The zero-order valence-corrected chi connectivity index (χ0v) is 14.9. The molecular weight excluding hydrogens is 336 g/mol. The molecule has 25 heavy (non-hydrogen) atoms. The van der Waals surface area contributed by atoms with Crippen LogP contribution >= 0.6 is 0 Å². The fourth-order valence-corrected chi connectivity index (χ4v) is 4.80. The summed E-state index contributed by atoms with van der Waals surface area (Å²) < 4.78 is 27.0. The molecule has 0 amide bonds. The van der Waals surface area contributed by atoms with E-state index in [9.17, 15) is 8.42 Å². The average molecular weight is 358 g/mol. The molecule has 2 heterocycles. The van der Waals surface area contributed by atoms with Gasteiger partial charge in [-0.1, -0.05) is 24.6 Å². The molecule has 7 heteroatoms. The summed E-state index contributed by atoms with van der Waals surface area (Å²) in [5, 5.41) is 0. The molecule has 132 valence electrons. The highest BCUT2D eigenvalue weighted by molar-refractivity contribution is 7.89. The Morgan fingerprint density at radius 1 is 0.960 bits per heavy atom. The van der Waals surface area contributed by atoms with Gasteiger partial charge in [0.2, 0.25) is 10.0 Å². The van der Waals surface area contributed by atoms with Gasteiger partial charge >= 0.3 is 0 Å². The average Bonchev–Trinajstić information content (AvgIpc) is 2.61. The normalized spacial score (nSPS) is 19.6. The fraction of sp³-hybridized carbons (Fsp3) is 0.444. The molecular formula is C18H22N4O2S. The molecule has 1 aliphatic carbocycles. The van der Waals surface area contributed by atoms with Crippen molar-refractivity contribution >= 4 is 15.8 Å². The van der Waals surface area contributed by atoms with Crippen LogP contribution in [0.5, 0.6) is 0 Å². The Labute approximate surface area is 148 Å². The van der Waals surface area contributed by atoms with Gasteiger partial charge in [0.25, 0.3) is 0 Å². The van der Waals surface area contributed by atoms with Crippen LogP contribution in [0.3, 0.4) is 0 Å². The lowest BCUT2D eigenvalue weighted by Crippen LogP contribution is -2.49. The second-order valence-corrected chi connectivity index (χ2v) is 8.57. The Balaban J connectivity index is 1.45. The van der Waals surface area contributed by atoms with Gasteiger partial charge in [-0.05, 0) is 25.0 Å². The van der Waals surface area contributed by atoms with Crippen LogP contribution in [-0.4, -0.2) is 48.9 Å². The molecule has 1 saturated carbocycles. The molecule has 2 fully saturated rings. The van der Waals surface area contributed by atoms with Crippen LogP contribution < -0.4 is 4.90 Å². The van der Waals surface area contributed by atoms with Gasteiger partial charge in [0.05, 0.1) is 4.90 Å². The topological polar surface area (TPSA) is 66.4 Å². The van der Waals surface area contributed by atoms with Crippen LogP contribution in [0.1, 0.15) is 30.9 Å². The maximum absolute atomic E-state index is 12.7. The number of anilines is 1. The second kappa shape index (κ2) is 6.72. The number of nitrogens with zero attached hydrogens (tertiary/aromatic N) is 4. The van der Waals surface area contributed by atoms with Crippen molar-refractivity contribution in [2.75, 3.05) is 31.1 Å². The summed E-state index contributed by atoms with van der Waals surface area (Å²) in [4.78, 5) is 11.3.